The Morgan fingerprint density at radius 3 is 2.89 bits per heavy atom. The lowest BCUT2D eigenvalue weighted by molar-refractivity contribution is 0.704. The standard InChI is InChI=1S/C12H8Cl2N4/c13-9-3-1-2-8(4-9)6-18-12-10(5-17-18)11(14)15-7-16-12/h1-5,7H,6H2. The van der Waals surface area contributed by atoms with E-state index in [1.807, 2.05) is 24.3 Å². The fourth-order valence-electron chi connectivity index (χ4n) is 1.79. The Hall–Kier alpha value is -1.65. The first-order valence-electron chi connectivity index (χ1n) is 5.30. The second-order valence-corrected chi connectivity index (χ2v) is 4.63. The average molecular weight is 279 g/mol. The number of fused-ring (bicyclic) bond motifs is 1. The highest BCUT2D eigenvalue weighted by molar-refractivity contribution is 6.33. The normalized spacial score (nSPS) is 11.0. The number of benzene rings is 1. The van der Waals surface area contributed by atoms with Crippen LogP contribution >= 0.6 is 23.2 Å². The van der Waals surface area contributed by atoms with Crippen LogP contribution in [0.1, 0.15) is 5.56 Å². The van der Waals surface area contributed by atoms with E-state index in [-0.39, 0.29) is 0 Å². The van der Waals surface area contributed by atoms with E-state index in [4.69, 9.17) is 23.2 Å². The molecule has 2 heterocycles. The molecule has 4 nitrogen and oxygen atoms in total. The second kappa shape index (κ2) is 4.55. The molecule has 2 aromatic heterocycles. The Balaban J connectivity index is 2.03. The predicted octanol–water partition coefficient (Wildman–Crippen LogP) is 3.18. The van der Waals surface area contributed by atoms with Gasteiger partial charge in [0.25, 0.3) is 0 Å². The summed E-state index contributed by atoms with van der Waals surface area (Å²) >= 11 is 11.9. The van der Waals surface area contributed by atoms with E-state index in [9.17, 15) is 0 Å². The maximum Gasteiger partial charge on any atom is 0.162 e. The van der Waals surface area contributed by atoms with Gasteiger partial charge in [0.05, 0.1) is 18.1 Å². The van der Waals surface area contributed by atoms with Crippen LogP contribution in [0, 0.1) is 0 Å². The van der Waals surface area contributed by atoms with Crippen molar-refractivity contribution in [1.82, 2.24) is 19.7 Å². The first-order chi connectivity index (χ1) is 8.74. The van der Waals surface area contributed by atoms with E-state index in [2.05, 4.69) is 15.1 Å². The van der Waals surface area contributed by atoms with Crippen LogP contribution in [0.5, 0.6) is 0 Å². The van der Waals surface area contributed by atoms with E-state index < -0.39 is 0 Å². The van der Waals surface area contributed by atoms with Gasteiger partial charge in [0.15, 0.2) is 5.65 Å². The van der Waals surface area contributed by atoms with Gasteiger partial charge in [-0.2, -0.15) is 5.10 Å². The molecule has 0 aliphatic rings. The van der Waals surface area contributed by atoms with Crippen LogP contribution < -0.4 is 0 Å². The van der Waals surface area contributed by atoms with E-state index in [0.29, 0.717) is 16.7 Å². The molecule has 0 fully saturated rings. The predicted molar refractivity (Wildman–Crippen MR) is 70.9 cm³/mol. The number of aromatic nitrogens is 4. The van der Waals surface area contributed by atoms with Gasteiger partial charge >= 0.3 is 0 Å². The number of hydrogen-bond donors (Lipinski definition) is 0. The highest BCUT2D eigenvalue weighted by atomic mass is 35.5. The Morgan fingerprint density at radius 2 is 2.06 bits per heavy atom. The Labute approximate surface area is 113 Å². The molecule has 3 aromatic rings. The van der Waals surface area contributed by atoms with E-state index in [0.717, 1.165) is 16.6 Å². The minimum absolute atomic E-state index is 0.414. The maximum absolute atomic E-state index is 5.97. The van der Waals surface area contributed by atoms with Crippen LogP contribution in [-0.2, 0) is 6.54 Å². The molecule has 18 heavy (non-hydrogen) atoms. The minimum Gasteiger partial charge on any atom is -0.243 e. The molecule has 0 N–H and O–H groups in total. The summed E-state index contributed by atoms with van der Waals surface area (Å²) < 4.78 is 1.77. The van der Waals surface area contributed by atoms with Crippen molar-refractivity contribution in [2.45, 2.75) is 6.54 Å². The third kappa shape index (κ3) is 2.05. The Kier molecular flexibility index (Phi) is 2.89. The van der Waals surface area contributed by atoms with Gasteiger partial charge in [-0.05, 0) is 17.7 Å². The third-order valence-electron chi connectivity index (χ3n) is 2.61. The molecular formula is C12H8Cl2N4. The second-order valence-electron chi connectivity index (χ2n) is 3.83. The molecule has 3 rings (SSSR count). The molecule has 6 heteroatoms. The van der Waals surface area contributed by atoms with Crippen LogP contribution in [0.25, 0.3) is 11.0 Å². The van der Waals surface area contributed by atoms with Crippen LogP contribution in [0.15, 0.2) is 36.8 Å². The molecule has 0 saturated carbocycles. The summed E-state index contributed by atoms with van der Waals surface area (Å²) in [4.78, 5) is 8.11. The molecule has 0 amide bonds. The Morgan fingerprint density at radius 1 is 1.17 bits per heavy atom. The SMILES string of the molecule is Clc1cccc(Cn2ncc3c(Cl)ncnc32)c1. The van der Waals surface area contributed by atoms with Gasteiger partial charge in [-0.1, -0.05) is 35.3 Å². The van der Waals surface area contributed by atoms with Crippen LogP contribution in [-0.4, -0.2) is 19.7 Å². The number of nitrogens with zero attached hydrogens (tertiary/aromatic N) is 4. The van der Waals surface area contributed by atoms with Gasteiger partial charge in [-0.3, -0.25) is 0 Å². The zero-order chi connectivity index (χ0) is 12.5. The number of halogens is 2. The monoisotopic (exact) mass is 278 g/mol. The molecule has 0 atom stereocenters. The highest BCUT2D eigenvalue weighted by Gasteiger charge is 2.08. The van der Waals surface area contributed by atoms with Crippen molar-refractivity contribution in [2.75, 3.05) is 0 Å². The minimum atomic E-state index is 0.414. The fraction of sp³-hybridized carbons (Fsp3) is 0.0833. The highest BCUT2D eigenvalue weighted by Crippen LogP contribution is 2.19. The molecule has 0 radical (unpaired) electrons. The molecular weight excluding hydrogens is 271 g/mol. The lowest BCUT2D eigenvalue weighted by Crippen LogP contribution is -2.02. The molecule has 0 saturated heterocycles. The molecule has 0 bridgehead atoms. The van der Waals surface area contributed by atoms with Crippen molar-refractivity contribution >= 4 is 34.2 Å². The van der Waals surface area contributed by atoms with Gasteiger partial charge < -0.3 is 0 Å². The van der Waals surface area contributed by atoms with E-state index in [1.165, 1.54) is 6.33 Å². The van der Waals surface area contributed by atoms with Crippen molar-refractivity contribution in [3.8, 4) is 0 Å². The van der Waals surface area contributed by atoms with Crippen molar-refractivity contribution in [1.29, 1.82) is 0 Å². The average Bonchev–Trinajstić information content (AvgIpc) is 2.74. The van der Waals surface area contributed by atoms with Crippen LogP contribution in [0.3, 0.4) is 0 Å². The lowest BCUT2D eigenvalue weighted by atomic mass is 10.2. The van der Waals surface area contributed by atoms with Crippen molar-refractivity contribution < 1.29 is 0 Å². The van der Waals surface area contributed by atoms with Crippen LogP contribution in [0.2, 0.25) is 10.2 Å². The zero-order valence-corrected chi connectivity index (χ0v) is 10.7. The lowest BCUT2D eigenvalue weighted by Gasteiger charge is -2.03. The topological polar surface area (TPSA) is 43.6 Å². The largest absolute Gasteiger partial charge is 0.243 e. The van der Waals surface area contributed by atoms with E-state index in [1.54, 1.807) is 10.9 Å². The molecule has 90 valence electrons. The molecule has 1 aromatic carbocycles. The first-order valence-corrected chi connectivity index (χ1v) is 6.06. The zero-order valence-electron chi connectivity index (χ0n) is 9.22. The van der Waals surface area contributed by atoms with Crippen molar-refractivity contribution in [3.05, 3.63) is 52.5 Å². The van der Waals surface area contributed by atoms with Gasteiger partial charge in [0.2, 0.25) is 0 Å². The quantitative estimate of drug-likeness (QED) is 0.677. The van der Waals surface area contributed by atoms with Gasteiger partial charge in [-0.15, -0.1) is 0 Å². The van der Waals surface area contributed by atoms with Crippen LogP contribution in [0.4, 0.5) is 0 Å². The Bertz CT molecular complexity index is 708. The molecule has 0 aliphatic carbocycles. The summed E-state index contributed by atoms with van der Waals surface area (Å²) in [5, 5.41) is 6.14. The number of hydrogen-bond acceptors (Lipinski definition) is 3. The fourth-order valence-corrected chi connectivity index (χ4v) is 2.18. The summed E-state index contributed by atoms with van der Waals surface area (Å²) in [7, 11) is 0. The summed E-state index contributed by atoms with van der Waals surface area (Å²) in [6.07, 6.45) is 3.10. The van der Waals surface area contributed by atoms with Gasteiger partial charge in [-0.25, -0.2) is 14.6 Å². The smallest absolute Gasteiger partial charge is 0.162 e. The van der Waals surface area contributed by atoms with Gasteiger partial charge in [0.1, 0.15) is 11.5 Å². The number of rotatable bonds is 2. The van der Waals surface area contributed by atoms with Crippen molar-refractivity contribution in [3.63, 3.8) is 0 Å². The van der Waals surface area contributed by atoms with E-state index >= 15 is 0 Å². The summed E-state index contributed by atoms with van der Waals surface area (Å²) in [6, 6.07) is 7.64. The third-order valence-corrected chi connectivity index (χ3v) is 3.14. The van der Waals surface area contributed by atoms with Gasteiger partial charge in [0, 0.05) is 5.02 Å². The summed E-state index contributed by atoms with van der Waals surface area (Å²) in [5.74, 6) is 0. The maximum atomic E-state index is 5.97. The molecule has 0 unspecified atom stereocenters. The molecule has 0 aliphatic heterocycles. The molecule has 0 spiro atoms. The van der Waals surface area contributed by atoms with Crippen molar-refractivity contribution in [2.24, 2.45) is 0 Å². The first kappa shape index (κ1) is 11.4. The summed E-state index contributed by atoms with van der Waals surface area (Å²) in [5.41, 5.74) is 1.78. The summed E-state index contributed by atoms with van der Waals surface area (Å²) in [6.45, 7) is 0.595.